The predicted octanol–water partition coefficient (Wildman–Crippen LogP) is 2.88. The fourth-order valence-electron chi connectivity index (χ4n) is 3.03. The van der Waals surface area contributed by atoms with Gasteiger partial charge in [0.15, 0.2) is 18.1 Å². The van der Waals surface area contributed by atoms with E-state index in [-0.39, 0.29) is 18.4 Å². The summed E-state index contributed by atoms with van der Waals surface area (Å²) in [6.45, 7) is 3.99. The lowest BCUT2D eigenvalue weighted by molar-refractivity contribution is -0.121. The maximum Gasteiger partial charge on any atom is 0.265 e. The number of carbonyl (C=O) groups excluding carboxylic acids is 2. The third-order valence-corrected chi connectivity index (χ3v) is 4.40. The molecule has 0 aromatic heterocycles. The SMILES string of the molecule is C=CCN1C(=O)COc2cc(NC(=O)c3cc(OC)c(OC)c(OC)c3)ccc21. The topological polar surface area (TPSA) is 86.3 Å². The molecule has 1 aliphatic heterocycles. The number of nitrogens with one attached hydrogen (secondary N) is 1. The fraction of sp³-hybridized carbons (Fsp3) is 0.238. The van der Waals surface area contributed by atoms with Gasteiger partial charge in [-0.15, -0.1) is 6.58 Å². The van der Waals surface area contributed by atoms with Crippen LogP contribution in [0.4, 0.5) is 11.4 Å². The Labute approximate surface area is 168 Å². The summed E-state index contributed by atoms with van der Waals surface area (Å²) in [5.41, 5.74) is 1.49. The van der Waals surface area contributed by atoms with Crippen molar-refractivity contribution < 1.29 is 28.5 Å². The van der Waals surface area contributed by atoms with Crippen LogP contribution in [0.5, 0.6) is 23.0 Å². The number of anilines is 2. The average molecular weight is 398 g/mol. The van der Waals surface area contributed by atoms with E-state index in [1.165, 1.54) is 21.3 Å². The Hall–Kier alpha value is -3.68. The second kappa shape index (κ2) is 8.55. The van der Waals surface area contributed by atoms with Gasteiger partial charge in [0.2, 0.25) is 5.75 Å². The number of hydrogen-bond acceptors (Lipinski definition) is 6. The lowest BCUT2D eigenvalue weighted by atomic mass is 10.1. The van der Waals surface area contributed by atoms with Crippen molar-refractivity contribution in [3.8, 4) is 23.0 Å². The summed E-state index contributed by atoms with van der Waals surface area (Å²) in [4.78, 5) is 26.4. The Morgan fingerprint density at radius 2 is 1.86 bits per heavy atom. The summed E-state index contributed by atoms with van der Waals surface area (Å²) in [5.74, 6) is 1.16. The van der Waals surface area contributed by atoms with E-state index in [1.807, 2.05) is 0 Å². The minimum atomic E-state index is -0.362. The van der Waals surface area contributed by atoms with Gasteiger partial charge in [-0.2, -0.15) is 0 Å². The quantitative estimate of drug-likeness (QED) is 0.722. The molecule has 0 spiro atoms. The monoisotopic (exact) mass is 398 g/mol. The molecule has 8 heteroatoms. The zero-order chi connectivity index (χ0) is 21.0. The highest BCUT2D eigenvalue weighted by atomic mass is 16.5. The summed E-state index contributed by atoms with van der Waals surface area (Å²) in [6, 6.07) is 8.23. The van der Waals surface area contributed by atoms with Crippen LogP contribution in [0.25, 0.3) is 0 Å². The van der Waals surface area contributed by atoms with Crippen LogP contribution in [0.1, 0.15) is 10.4 Å². The van der Waals surface area contributed by atoms with Gasteiger partial charge in [-0.05, 0) is 24.3 Å². The highest BCUT2D eigenvalue weighted by Crippen LogP contribution is 2.39. The molecule has 2 amide bonds. The summed E-state index contributed by atoms with van der Waals surface area (Å²) >= 11 is 0. The number of amides is 2. The number of ether oxygens (including phenoxy) is 4. The molecule has 2 aromatic carbocycles. The van der Waals surface area contributed by atoms with Crippen molar-refractivity contribution in [2.75, 3.05) is 44.7 Å². The smallest absolute Gasteiger partial charge is 0.265 e. The first-order valence-corrected chi connectivity index (χ1v) is 8.81. The molecule has 2 aromatic rings. The van der Waals surface area contributed by atoms with Gasteiger partial charge in [0.05, 0.1) is 27.0 Å². The van der Waals surface area contributed by atoms with E-state index in [2.05, 4.69) is 11.9 Å². The van der Waals surface area contributed by atoms with Crippen molar-refractivity contribution in [2.45, 2.75) is 0 Å². The second-order valence-corrected chi connectivity index (χ2v) is 6.13. The molecule has 1 heterocycles. The number of hydrogen-bond donors (Lipinski definition) is 1. The van der Waals surface area contributed by atoms with E-state index in [9.17, 15) is 9.59 Å². The molecule has 0 bridgehead atoms. The summed E-state index contributed by atoms with van der Waals surface area (Å²) in [7, 11) is 4.46. The molecular weight excluding hydrogens is 376 g/mol. The minimum absolute atomic E-state index is 0.0644. The van der Waals surface area contributed by atoms with Gasteiger partial charge in [0.25, 0.3) is 11.8 Å². The van der Waals surface area contributed by atoms with E-state index in [0.717, 1.165) is 0 Å². The third-order valence-electron chi connectivity index (χ3n) is 4.40. The van der Waals surface area contributed by atoms with Crippen molar-refractivity contribution in [3.63, 3.8) is 0 Å². The molecule has 1 aliphatic rings. The Balaban J connectivity index is 1.87. The zero-order valence-electron chi connectivity index (χ0n) is 16.5. The molecule has 0 atom stereocenters. The van der Waals surface area contributed by atoms with E-state index >= 15 is 0 Å². The van der Waals surface area contributed by atoms with Crippen LogP contribution in [-0.4, -0.2) is 46.3 Å². The molecule has 152 valence electrons. The Bertz CT molecular complexity index is 931. The first kappa shape index (κ1) is 20.1. The number of fused-ring (bicyclic) bond motifs is 1. The van der Waals surface area contributed by atoms with E-state index in [4.69, 9.17) is 18.9 Å². The number of nitrogens with zero attached hydrogens (tertiary/aromatic N) is 1. The molecule has 0 unspecified atom stereocenters. The summed E-state index contributed by atoms with van der Waals surface area (Å²) < 4.78 is 21.4. The van der Waals surface area contributed by atoms with Crippen molar-refractivity contribution in [3.05, 3.63) is 48.6 Å². The van der Waals surface area contributed by atoms with Gasteiger partial charge in [0, 0.05) is 23.9 Å². The Morgan fingerprint density at radius 3 is 2.45 bits per heavy atom. The standard InChI is InChI=1S/C21H22N2O6/c1-5-8-23-15-7-6-14(11-16(15)29-12-19(23)24)22-21(25)13-9-17(26-2)20(28-4)18(10-13)27-3/h5-7,9-11H,1,8,12H2,2-4H3,(H,22,25). The first-order valence-electron chi connectivity index (χ1n) is 8.81. The van der Waals surface area contributed by atoms with Crippen LogP contribution < -0.4 is 29.2 Å². The molecule has 0 radical (unpaired) electrons. The lowest BCUT2D eigenvalue weighted by Gasteiger charge is -2.28. The van der Waals surface area contributed by atoms with Crippen LogP contribution in [0.3, 0.4) is 0 Å². The fourth-order valence-corrected chi connectivity index (χ4v) is 3.03. The number of carbonyl (C=O) groups is 2. The van der Waals surface area contributed by atoms with Crippen LogP contribution >= 0.6 is 0 Å². The largest absolute Gasteiger partial charge is 0.493 e. The molecule has 0 saturated carbocycles. The van der Waals surface area contributed by atoms with Crippen molar-refractivity contribution >= 4 is 23.2 Å². The highest BCUT2D eigenvalue weighted by molar-refractivity contribution is 6.06. The lowest BCUT2D eigenvalue weighted by Crippen LogP contribution is -2.38. The van der Waals surface area contributed by atoms with Crippen LogP contribution in [0.15, 0.2) is 43.0 Å². The van der Waals surface area contributed by atoms with Gasteiger partial charge >= 0.3 is 0 Å². The molecule has 1 N–H and O–H groups in total. The van der Waals surface area contributed by atoms with Crippen LogP contribution in [0.2, 0.25) is 0 Å². The first-order chi connectivity index (χ1) is 14.0. The Morgan fingerprint density at radius 1 is 1.17 bits per heavy atom. The summed E-state index contributed by atoms with van der Waals surface area (Å²) in [5, 5.41) is 2.81. The van der Waals surface area contributed by atoms with Gasteiger partial charge < -0.3 is 29.2 Å². The summed E-state index contributed by atoms with van der Waals surface area (Å²) in [6.07, 6.45) is 1.65. The molecule has 3 rings (SSSR count). The number of methoxy groups -OCH3 is 3. The minimum Gasteiger partial charge on any atom is -0.493 e. The van der Waals surface area contributed by atoms with E-state index in [1.54, 1.807) is 41.3 Å². The van der Waals surface area contributed by atoms with Crippen molar-refractivity contribution in [1.29, 1.82) is 0 Å². The zero-order valence-corrected chi connectivity index (χ0v) is 16.5. The molecule has 0 saturated heterocycles. The van der Waals surface area contributed by atoms with Gasteiger partial charge in [-0.25, -0.2) is 0 Å². The molecule has 0 aliphatic carbocycles. The second-order valence-electron chi connectivity index (χ2n) is 6.13. The van der Waals surface area contributed by atoms with Gasteiger partial charge in [-0.1, -0.05) is 6.08 Å². The highest BCUT2D eigenvalue weighted by Gasteiger charge is 2.25. The molecular formula is C21H22N2O6. The Kier molecular flexibility index (Phi) is 5.92. The molecule has 29 heavy (non-hydrogen) atoms. The van der Waals surface area contributed by atoms with Crippen molar-refractivity contribution in [2.24, 2.45) is 0 Å². The third kappa shape index (κ3) is 3.96. The molecule has 8 nitrogen and oxygen atoms in total. The van der Waals surface area contributed by atoms with Crippen LogP contribution in [0, 0.1) is 0 Å². The van der Waals surface area contributed by atoms with Gasteiger partial charge in [0.1, 0.15) is 5.75 Å². The van der Waals surface area contributed by atoms with E-state index < -0.39 is 0 Å². The maximum atomic E-state index is 12.8. The predicted molar refractivity (Wildman–Crippen MR) is 109 cm³/mol. The van der Waals surface area contributed by atoms with Crippen molar-refractivity contribution in [1.82, 2.24) is 0 Å². The van der Waals surface area contributed by atoms with Gasteiger partial charge in [-0.3, -0.25) is 9.59 Å². The average Bonchev–Trinajstić information content (AvgIpc) is 2.74. The maximum absolute atomic E-state index is 12.8. The normalized spacial score (nSPS) is 12.5. The number of benzene rings is 2. The van der Waals surface area contributed by atoms with Crippen LogP contribution in [-0.2, 0) is 4.79 Å². The molecule has 0 fully saturated rings. The van der Waals surface area contributed by atoms with E-state index in [0.29, 0.717) is 46.5 Å². The number of rotatable bonds is 7.